The van der Waals surface area contributed by atoms with Gasteiger partial charge in [-0.3, -0.25) is 14.9 Å². The van der Waals surface area contributed by atoms with Crippen LogP contribution in [0.1, 0.15) is 23.0 Å². The van der Waals surface area contributed by atoms with E-state index < -0.39 is 22.9 Å². The van der Waals surface area contributed by atoms with Crippen LogP contribution >= 0.6 is 11.8 Å². The third-order valence-electron chi connectivity index (χ3n) is 3.14. The van der Waals surface area contributed by atoms with E-state index in [9.17, 15) is 19.7 Å². The molecule has 1 atom stereocenters. The lowest BCUT2D eigenvalue weighted by atomic mass is 10.2. The molecule has 1 aromatic heterocycles. The predicted octanol–water partition coefficient (Wildman–Crippen LogP) is 2.80. The summed E-state index contributed by atoms with van der Waals surface area (Å²) in [6.07, 6.45) is 0.571. The van der Waals surface area contributed by atoms with Crippen LogP contribution in [0.5, 0.6) is 0 Å². The number of hydrogen-bond acceptors (Lipinski definition) is 8. The Morgan fingerprint density at radius 3 is 2.68 bits per heavy atom. The smallest absolute Gasteiger partial charge is 0.339 e. The molecule has 0 bridgehead atoms. The Labute approximate surface area is 146 Å². The Bertz CT molecular complexity index is 819. The van der Waals surface area contributed by atoms with E-state index in [1.165, 1.54) is 36.9 Å². The van der Waals surface area contributed by atoms with E-state index >= 15 is 0 Å². The number of benzene rings is 1. The molecule has 10 heteroatoms. The van der Waals surface area contributed by atoms with Gasteiger partial charge in [0.15, 0.2) is 11.9 Å². The monoisotopic (exact) mass is 365 g/mol. The highest BCUT2D eigenvalue weighted by atomic mass is 32.2. The van der Waals surface area contributed by atoms with E-state index in [1.54, 1.807) is 13.2 Å². The second kappa shape index (κ2) is 7.79. The maximum Gasteiger partial charge on any atom is 0.339 e. The Kier molecular flexibility index (Phi) is 5.75. The van der Waals surface area contributed by atoms with Crippen molar-refractivity contribution in [3.63, 3.8) is 0 Å². The number of rotatable bonds is 6. The first-order chi connectivity index (χ1) is 11.8. The minimum atomic E-state index is -1.12. The molecule has 0 saturated carbocycles. The summed E-state index contributed by atoms with van der Waals surface area (Å²) in [4.78, 5) is 35.0. The van der Waals surface area contributed by atoms with Crippen LogP contribution in [0.2, 0.25) is 0 Å². The van der Waals surface area contributed by atoms with Crippen LogP contribution in [-0.4, -0.2) is 34.3 Å². The second-order valence-corrected chi connectivity index (χ2v) is 5.85. The number of nitro groups is 1. The van der Waals surface area contributed by atoms with E-state index in [0.29, 0.717) is 10.7 Å². The number of ether oxygens (including phenoxy) is 1. The fraction of sp³-hybridized carbons (Fsp3) is 0.267. The summed E-state index contributed by atoms with van der Waals surface area (Å²) in [6.45, 7) is 3.04. The number of nitrogens with zero attached hydrogens (tertiary/aromatic N) is 2. The van der Waals surface area contributed by atoms with Crippen LogP contribution in [-0.2, 0) is 9.53 Å². The van der Waals surface area contributed by atoms with Crippen LogP contribution in [0, 0.1) is 17.0 Å². The Hall–Kier alpha value is -2.88. The van der Waals surface area contributed by atoms with Crippen molar-refractivity contribution in [1.82, 2.24) is 5.16 Å². The summed E-state index contributed by atoms with van der Waals surface area (Å²) in [6, 6.07) is 5.51. The molecular weight excluding hydrogens is 350 g/mol. The number of thioether (sulfide) groups is 1. The number of nitro benzene ring substituents is 1. The number of carbonyl (C=O) groups excluding carboxylic acids is 2. The van der Waals surface area contributed by atoms with E-state index in [1.807, 2.05) is 0 Å². The quantitative estimate of drug-likeness (QED) is 0.358. The Morgan fingerprint density at radius 1 is 1.40 bits per heavy atom. The number of anilines is 1. The minimum absolute atomic E-state index is 0.0126. The van der Waals surface area contributed by atoms with E-state index in [-0.39, 0.29) is 17.1 Å². The molecule has 2 aromatic rings. The maximum absolute atomic E-state index is 12.1. The number of amides is 1. The molecule has 0 spiro atoms. The fourth-order valence-electron chi connectivity index (χ4n) is 1.89. The molecule has 1 N–H and O–H groups in total. The highest BCUT2D eigenvalue weighted by Crippen LogP contribution is 2.28. The van der Waals surface area contributed by atoms with Gasteiger partial charge in [0.1, 0.15) is 5.76 Å². The van der Waals surface area contributed by atoms with Gasteiger partial charge in [-0.2, -0.15) is 0 Å². The van der Waals surface area contributed by atoms with Gasteiger partial charge in [0.25, 0.3) is 11.6 Å². The molecule has 1 amide bonds. The number of aryl methyl sites for hydroxylation is 1. The van der Waals surface area contributed by atoms with Crippen molar-refractivity contribution in [2.24, 2.45) is 0 Å². The third-order valence-corrected chi connectivity index (χ3v) is 3.93. The van der Waals surface area contributed by atoms with Gasteiger partial charge in [-0.15, -0.1) is 11.8 Å². The summed E-state index contributed by atoms with van der Waals surface area (Å²) in [7, 11) is 0. The van der Waals surface area contributed by atoms with Crippen molar-refractivity contribution < 1.29 is 23.8 Å². The van der Waals surface area contributed by atoms with E-state index in [0.717, 1.165) is 6.07 Å². The molecule has 0 saturated heterocycles. The lowest BCUT2D eigenvalue weighted by Crippen LogP contribution is -2.30. The van der Waals surface area contributed by atoms with Crippen LogP contribution in [0.4, 0.5) is 11.5 Å². The first kappa shape index (κ1) is 18.5. The summed E-state index contributed by atoms with van der Waals surface area (Å²) in [5.41, 5.74) is -0.210. The zero-order valence-corrected chi connectivity index (χ0v) is 14.5. The van der Waals surface area contributed by atoms with Gasteiger partial charge in [0.2, 0.25) is 0 Å². The van der Waals surface area contributed by atoms with Crippen LogP contribution in [0.25, 0.3) is 0 Å². The first-order valence-electron chi connectivity index (χ1n) is 7.09. The number of hydrogen-bond donors (Lipinski definition) is 1. The van der Waals surface area contributed by atoms with Gasteiger partial charge in [0.05, 0.1) is 15.4 Å². The normalized spacial score (nSPS) is 11.6. The lowest BCUT2D eigenvalue weighted by Gasteiger charge is -2.12. The second-order valence-electron chi connectivity index (χ2n) is 5.00. The van der Waals surface area contributed by atoms with E-state index in [2.05, 4.69) is 10.5 Å². The van der Waals surface area contributed by atoms with Gasteiger partial charge < -0.3 is 14.6 Å². The average Bonchev–Trinajstić information content (AvgIpc) is 2.98. The summed E-state index contributed by atoms with van der Waals surface area (Å²) in [5, 5.41) is 17.1. The van der Waals surface area contributed by atoms with Gasteiger partial charge in [0, 0.05) is 12.1 Å². The maximum atomic E-state index is 12.1. The molecule has 0 unspecified atom stereocenters. The first-order valence-corrected chi connectivity index (χ1v) is 8.32. The summed E-state index contributed by atoms with van der Waals surface area (Å²) < 4.78 is 9.86. The Balaban J connectivity index is 2.06. The van der Waals surface area contributed by atoms with Crippen LogP contribution < -0.4 is 5.32 Å². The predicted molar refractivity (Wildman–Crippen MR) is 89.6 cm³/mol. The number of aromatic nitrogens is 1. The molecule has 0 aliphatic rings. The van der Waals surface area contributed by atoms with Crippen molar-refractivity contribution in [2.45, 2.75) is 24.8 Å². The molecule has 0 radical (unpaired) electrons. The average molecular weight is 365 g/mol. The molecule has 0 aliphatic carbocycles. The molecule has 132 valence electrons. The molecule has 0 fully saturated rings. The zero-order chi connectivity index (χ0) is 18.6. The van der Waals surface area contributed by atoms with Crippen molar-refractivity contribution in [2.75, 3.05) is 11.6 Å². The van der Waals surface area contributed by atoms with Gasteiger partial charge in [-0.25, -0.2) is 4.79 Å². The molecule has 1 aromatic carbocycles. The minimum Gasteiger partial charge on any atom is -0.449 e. The lowest BCUT2D eigenvalue weighted by molar-refractivity contribution is -0.387. The van der Waals surface area contributed by atoms with Gasteiger partial charge in [-0.1, -0.05) is 5.16 Å². The number of esters is 1. The molecule has 2 rings (SSSR count). The molecule has 0 aliphatic heterocycles. The van der Waals surface area contributed by atoms with Crippen molar-refractivity contribution in [3.05, 3.63) is 45.7 Å². The summed E-state index contributed by atoms with van der Waals surface area (Å²) >= 11 is 1.19. The molecule has 1 heterocycles. The number of nitrogens with one attached hydrogen (secondary N) is 1. The standard InChI is InChI=1S/C15H15N3O6S/c1-8-6-13(17-24-8)16-14(19)9(2)23-15(20)10-4-5-12(25-3)11(7-10)18(21)22/h4-7,9H,1-3H3,(H,16,17,19)/t9-/m1/s1. The highest BCUT2D eigenvalue weighted by Gasteiger charge is 2.22. The molecular formula is C15H15N3O6S. The van der Waals surface area contributed by atoms with Gasteiger partial charge in [-0.05, 0) is 32.2 Å². The number of carbonyl (C=O) groups is 2. The van der Waals surface area contributed by atoms with E-state index in [4.69, 9.17) is 9.26 Å². The molecule has 25 heavy (non-hydrogen) atoms. The zero-order valence-electron chi connectivity index (χ0n) is 13.6. The van der Waals surface area contributed by atoms with Crippen molar-refractivity contribution in [1.29, 1.82) is 0 Å². The van der Waals surface area contributed by atoms with Crippen molar-refractivity contribution in [3.8, 4) is 0 Å². The SMILES string of the molecule is CSc1ccc(C(=O)O[C@H](C)C(=O)Nc2cc(C)on2)cc1[N+](=O)[O-]. The summed E-state index contributed by atoms with van der Waals surface area (Å²) in [5.74, 6) is -0.724. The van der Waals surface area contributed by atoms with Crippen LogP contribution in [0.3, 0.4) is 0 Å². The topological polar surface area (TPSA) is 125 Å². The van der Waals surface area contributed by atoms with Gasteiger partial charge >= 0.3 is 5.97 Å². The third kappa shape index (κ3) is 4.57. The Morgan fingerprint density at radius 2 is 2.12 bits per heavy atom. The van der Waals surface area contributed by atoms with Crippen molar-refractivity contribution >= 4 is 35.1 Å². The molecule has 9 nitrogen and oxygen atoms in total. The highest BCUT2D eigenvalue weighted by molar-refractivity contribution is 7.98. The fourth-order valence-corrected chi connectivity index (χ4v) is 2.44. The largest absolute Gasteiger partial charge is 0.449 e. The van der Waals surface area contributed by atoms with Crippen LogP contribution in [0.15, 0.2) is 33.7 Å².